The molecule has 0 aromatic heterocycles. The van der Waals surface area contributed by atoms with Crippen molar-refractivity contribution in [3.63, 3.8) is 0 Å². The largest absolute Gasteiger partial charge is 0.325 e. The number of carbonyl (C=O) groups excluding carboxylic acids is 2. The Balaban J connectivity index is 1.57. The van der Waals surface area contributed by atoms with Crippen LogP contribution in [-0.4, -0.2) is 17.1 Å². The summed E-state index contributed by atoms with van der Waals surface area (Å²) in [5, 5.41) is 6.20. The minimum absolute atomic E-state index is 0.0732. The van der Waals surface area contributed by atoms with E-state index >= 15 is 0 Å². The van der Waals surface area contributed by atoms with Crippen LogP contribution < -0.4 is 10.6 Å². The lowest BCUT2D eigenvalue weighted by Crippen LogP contribution is -2.22. The number of rotatable bonds is 6. The minimum atomic E-state index is -0.317. The first-order valence-corrected chi connectivity index (χ1v) is 11.6. The number of carbonyl (C=O) groups is 2. The summed E-state index contributed by atoms with van der Waals surface area (Å²) in [4.78, 5) is 25.7. The summed E-state index contributed by atoms with van der Waals surface area (Å²) in [6.45, 7) is 1.85. The Kier molecular flexibility index (Phi) is 8.05. The van der Waals surface area contributed by atoms with Gasteiger partial charge in [0.2, 0.25) is 5.91 Å². The van der Waals surface area contributed by atoms with E-state index in [2.05, 4.69) is 33.2 Å². The Morgan fingerprint density at radius 1 is 0.900 bits per heavy atom. The minimum Gasteiger partial charge on any atom is -0.325 e. The van der Waals surface area contributed by atoms with Crippen molar-refractivity contribution in [3.05, 3.63) is 85.9 Å². The summed E-state index contributed by atoms with van der Waals surface area (Å²) in [5.74, 6) is -0.390. The summed E-state index contributed by atoms with van der Waals surface area (Å²) in [6.07, 6.45) is 0. The van der Waals surface area contributed by atoms with Gasteiger partial charge in [0.15, 0.2) is 0 Å². The Morgan fingerprint density at radius 3 is 2.13 bits per heavy atom. The number of amides is 2. The van der Waals surface area contributed by atoms with Gasteiger partial charge in [-0.1, -0.05) is 23.2 Å². The molecule has 30 heavy (non-hydrogen) atoms. The Morgan fingerprint density at radius 2 is 1.50 bits per heavy atom. The lowest BCUT2D eigenvalue weighted by atomic mass is 10.2. The van der Waals surface area contributed by atoms with Gasteiger partial charge < -0.3 is 10.6 Å². The van der Waals surface area contributed by atoms with E-state index in [-0.39, 0.29) is 17.1 Å². The number of thioether (sulfide) groups is 1. The molecule has 4 nitrogen and oxygen atoms in total. The molecule has 2 N–H and O–H groups in total. The van der Waals surface area contributed by atoms with Crippen LogP contribution in [0.1, 0.15) is 17.3 Å². The molecule has 0 radical (unpaired) electrons. The average molecular weight is 571 g/mol. The van der Waals surface area contributed by atoms with E-state index in [0.29, 0.717) is 21.3 Å². The van der Waals surface area contributed by atoms with Crippen LogP contribution in [0.15, 0.2) is 71.6 Å². The van der Waals surface area contributed by atoms with Crippen LogP contribution in [0.4, 0.5) is 11.4 Å². The Bertz CT molecular complexity index is 1060. The average Bonchev–Trinajstić information content (AvgIpc) is 2.71. The lowest BCUT2D eigenvalue weighted by Gasteiger charge is -2.13. The van der Waals surface area contributed by atoms with Gasteiger partial charge >= 0.3 is 0 Å². The quantitative estimate of drug-likeness (QED) is 0.248. The summed E-state index contributed by atoms with van der Waals surface area (Å²) in [6, 6.07) is 19.7. The van der Waals surface area contributed by atoms with Crippen LogP contribution in [0.2, 0.25) is 10.0 Å². The molecule has 0 aliphatic rings. The zero-order valence-electron chi connectivity index (χ0n) is 15.8. The molecule has 0 aliphatic heterocycles. The van der Waals surface area contributed by atoms with E-state index in [1.165, 1.54) is 17.8 Å². The van der Waals surface area contributed by atoms with Gasteiger partial charge in [-0.25, -0.2) is 0 Å². The molecule has 0 saturated heterocycles. The van der Waals surface area contributed by atoms with Crippen molar-refractivity contribution in [2.24, 2.45) is 0 Å². The van der Waals surface area contributed by atoms with Crippen LogP contribution in [0.3, 0.4) is 0 Å². The van der Waals surface area contributed by atoms with Crippen LogP contribution in [0, 0.1) is 3.57 Å². The second-order valence-corrected chi connectivity index (χ2v) is 9.86. The number of halogens is 3. The number of hydrogen-bond donors (Lipinski definition) is 2. The normalized spacial score (nSPS) is 11.6. The molecule has 0 saturated carbocycles. The third-order valence-corrected chi connectivity index (χ3v) is 6.46. The first-order valence-electron chi connectivity index (χ1n) is 8.91. The highest BCUT2D eigenvalue weighted by molar-refractivity contribution is 14.1. The zero-order chi connectivity index (χ0) is 21.7. The summed E-state index contributed by atoms with van der Waals surface area (Å²) >= 11 is 15.6. The molecular formula is C22H17Cl2IN2O2S. The van der Waals surface area contributed by atoms with Gasteiger partial charge in [0.1, 0.15) is 0 Å². The second-order valence-electron chi connectivity index (χ2n) is 6.36. The van der Waals surface area contributed by atoms with Gasteiger partial charge in [0.05, 0.1) is 15.8 Å². The number of anilines is 2. The van der Waals surface area contributed by atoms with Gasteiger partial charge in [-0.2, -0.15) is 0 Å². The van der Waals surface area contributed by atoms with E-state index in [4.69, 9.17) is 23.2 Å². The van der Waals surface area contributed by atoms with E-state index in [1.54, 1.807) is 24.3 Å². The molecule has 1 atom stereocenters. The van der Waals surface area contributed by atoms with Crippen LogP contribution >= 0.6 is 57.6 Å². The van der Waals surface area contributed by atoms with Crippen molar-refractivity contribution in [1.29, 1.82) is 0 Å². The molecule has 1 unspecified atom stereocenters. The van der Waals surface area contributed by atoms with Crippen LogP contribution in [0.5, 0.6) is 0 Å². The Hall–Kier alpha value is -1.74. The highest BCUT2D eigenvalue weighted by Crippen LogP contribution is 2.27. The smallest absolute Gasteiger partial charge is 0.257 e. The van der Waals surface area contributed by atoms with Crippen LogP contribution in [-0.2, 0) is 4.79 Å². The van der Waals surface area contributed by atoms with Crippen molar-refractivity contribution in [2.45, 2.75) is 17.1 Å². The molecule has 3 aromatic rings. The second kappa shape index (κ2) is 10.5. The number of benzene rings is 3. The first kappa shape index (κ1) is 22.9. The third-order valence-electron chi connectivity index (χ3n) is 4.08. The van der Waals surface area contributed by atoms with Crippen molar-refractivity contribution in [2.75, 3.05) is 10.6 Å². The maximum Gasteiger partial charge on any atom is 0.257 e. The van der Waals surface area contributed by atoms with E-state index < -0.39 is 0 Å². The topological polar surface area (TPSA) is 58.2 Å². The molecule has 0 aliphatic carbocycles. The van der Waals surface area contributed by atoms with Crippen molar-refractivity contribution in [3.8, 4) is 0 Å². The molecule has 2 amide bonds. The predicted molar refractivity (Wildman–Crippen MR) is 134 cm³/mol. The van der Waals surface area contributed by atoms with Crippen LogP contribution in [0.25, 0.3) is 0 Å². The number of hydrogen-bond acceptors (Lipinski definition) is 3. The first-order chi connectivity index (χ1) is 14.3. The number of nitrogens with one attached hydrogen (secondary N) is 2. The molecule has 0 fully saturated rings. The van der Waals surface area contributed by atoms with Gasteiger partial charge in [0, 0.05) is 24.9 Å². The van der Waals surface area contributed by atoms with Gasteiger partial charge in [0.25, 0.3) is 5.91 Å². The Labute approximate surface area is 202 Å². The molecular weight excluding hydrogens is 554 g/mol. The summed E-state index contributed by atoms with van der Waals surface area (Å²) in [5.41, 5.74) is 1.75. The molecule has 8 heteroatoms. The molecule has 0 spiro atoms. The van der Waals surface area contributed by atoms with Crippen molar-refractivity contribution in [1.82, 2.24) is 0 Å². The fourth-order valence-corrected chi connectivity index (χ4v) is 4.24. The highest BCUT2D eigenvalue weighted by atomic mass is 127. The third kappa shape index (κ3) is 6.38. The van der Waals surface area contributed by atoms with Gasteiger partial charge in [-0.3, -0.25) is 9.59 Å². The maximum absolute atomic E-state index is 12.4. The van der Waals surface area contributed by atoms with Crippen molar-refractivity contribution < 1.29 is 9.59 Å². The van der Waals surface area contributed by atoms with E-state index in [9.17, 15) is 9.59 Å². The monoisotopic (exact) mass is 570 g/mol. The highest BCUT2D eigenvalue weighted by Gasteiger charge is 2.15. The van der Waals surface area contributed by atoms with Gasteiger partial charge in [-0.05, 0) is 96.2 Å². The molecule has 154 valence electrons. The van der Waals surface area contributed by atoms with Gasteiger partial charge in [-0.15, -0.1) is 11.8 Å². The fourth-order valence-electron chi connectivity index (χ4n) is 2.52. The molecule has 0 heterocycles. The predicted octanol–water partition coefficient (Wildman–Crippen LogP) is 6.97. The standard InChI is InChI=1S/C22H17Cl2IN2O2S/c1-13(21(28)26-16-5-3-15(25)4-6-16)30-18-9-7-17(8-10-18)27-22(29)19-11-2-14(23)12-20(19)24/h2-13H,1H3,(H,26,28)(H,27,29). The maximum atomic E-state index is 12.4. The molecule has 3 aromatic carbocycles. The summed E-state index contributed by atoms with van der Waals surface area (Å²) in [7, 11) is 0. The SMILES string of the molecule is CC(Sc1ccc(NC(=O)c2ccc(Cl)cc2Cl)cc1)C(=O)Nc1ccc(I)cc1. The van der Waals surface area contributed by atoms with E-state index in [1.807, 2.05) is 43.3 Å². The fraction of sp³-hybridized carbons (Fsp3) is 0.0909. The molecule has 0 bridgehead atoms. The molecule has 3 rings (SSSR count). The zero-order valence-corrected chi connectivity index (χ0v) is 20.3. The van der Waals surface area contributed by atoms with E-state index in [0.717, 1.165) is 14.2 Å². The summed E-state index contributed by atoms with van der Waals surface area (Å²) < 4.78 is 1.11. The van der Waals surface area contributed by atoms with Crippen molar-refractivity contribution >= 4 is 80.7 Å². The lowest BCUT2D eigenvalue weighted by molar-refractivity contribution is -0.115.